The zero-order chi connectivity index (χ0) is 13.2. The standard InChI is InChI=1S/C14H11ClN2OS/c1-9-7-19-8-11(9)13-16-17-14(18-13)12(15)10-5-3-2-4-6-10/h2-8,12H,1H3. The number of thiophene rings is 1. The van der Waals surface area contributed by atoms with Crippen LogP contribution in [-0.4, -0.2) is 10.2 Å². The summed E-state index contributed by atoms with van der Waals surface area (Å²) in [6, 6.07) is 9.70. The number of alkyl halides is 1. The van der Waals surface area contributed by atoms with Crippen LogP contribution in [0.3, 0.4) is 0 Å². The average molecular weight is 291 g/mol. The van der Waals surface area contributed by atoms with Gasteiger partial charge >= 0.3 is 0 Å². The molecule has 96 valence electrons. The van der Waals surface area contributed by atoms with Gasteiger partial charge in [-0.3, -0.25) is 0 Å². The molecule has 1 atom stereocenters. The fourth-order valence-electron chi connectivity index (χ4n) is 1.79. The van der Waals surface area contributed by atoms with Crippen molar-refractivity contribution < 1.29 is 4.42 Å². The van der Waals surface area contributed by atoms with Gasteiger partial charge in [0.25, 0.3) is 0 Å². The van der Waals surface area contributed by atoms with Crippen LogP contribution < -0.4 is 0 Å². The maximum absolute atomic E-state index is 6.35. The van der Waals surface area contributed by atoms with Crippen molar-refractivity contribution in [1.82, 2.24) is 10.2 Å². The van der Waals surface area contributed by atoms with Crippen molar-refractivity contribution in [1.29, 1.82) is 0 Å². The molecule has 2 aromatic heterocycles. The van der Waals surface area contributed by atoms with Crippen molar-refractivity contribution in [3.05, 3.63) is 58.1 Å². The van der Waals surface area contributed by atoms with Crippen LogP contribution in [0.4, 0.5) is 0 Å². The van der Waals surface area contributed by atoms with E-state index in [-0.39, 0.29) is 0 Å². The summed E-state index contributed by atoms with van der Waals surface area (Å²) in [6.07, 6.45) is 0. The van der Waals surface area contributed by atoms with Gasteiger partial charge in [-0.1, -0.05) is 30.3 Å². The van der Waals surface area contributed by atoms with Crippen molar-refractivity contribution in [3.63, 3.8) is 0 Å². The minimum absolute atomic E-state index is 0.415. The number of nitrogens with zero attached hydrogens (tertiary/aromatic N) is 2. The minimum Gasteiger partial charge on any atom is -0.419 e. The van der Waals surface area contributed by atoms with E-state index in [9.17, 15) is 0 Å². The molecule has 3 nitrogen and oxygen atoms in total. The maximum atomic E-state index is 6.35. The fraction of sp³-hybridized carbons (Fsp3) is 0.143. The smallest absolute Gasteiger partial charge is 0.248 e. The van der Waals surface area contributed by atoms with E-state index in [4.69, 9.17) is 16.0 Å². The SMILES string of the molecule is Cc1cscc1-c1nnc(C(Cl)c2ccccc2)o1. The molecule has 2 heterocycles. The molecule has 0 aliphatic carbocycles. The Morgan fingerprint density at radius 3 is 2.63 bits per heavy atom. The van der Waals surface area contributed by atoms with E-state index in [0.29, 0.717) is 11.8 Å². The molecule has 5 heteroatoms. The first-order chi connectivity index (χ1) is 9.25. The first-order valence-corrected chi connectivity index (χ1v) is 7.19. The molecule has 0 amide bonds. The average Bonchev–Trinajstić information content (AvgIpc) is 3.07. The van der Waals surface area contributed by atoms with Crippen molar-refractivity contribution in [2.75, 3.05) is 0 Å². The molecule has 0 N–H and O–H groups in total. The van der Waals surface area contributed by atoms with Crippen LogP contribution in [0.2, 0.25) is 0 Å². The van der Waals surface area contributed by atoms with E-state index in [0.717, 1.165) is 16.7 Å². The van der Waals surface area contributed by atoms with Crippen LogP contribution in [0.1, 0.15) is 22.4 Å². The summed E-state index contributed by atoms with van der Waals surface area (Å²) >= 11 is 7.97. The zero-order valence-corrected chi connectivity index (χ0v) is 11.8. The lowest BCUT2D eigenvalue weighted by molar-refractivity contribution is 0.513. The monoisotopic (exact) mass is 290 g/mol. The predicted octanol–water partition coefficient (Wildman–Crippen LogP) is 4.43. The van der Waals surface area contributed by atoms with Crippen molar-refractivity contribution in [2.24, 2.45) is 0 Å². The zero-order valence-electron chi connectivity index (χ0n) is 10.2. The highest BCUT2D eigenvalue weighted by atomic mass is 35.5. The number of aryl methyl sites for hydroxylation is 1. The molecule has 0 bridgehead atoms. The molecule has 1 unspecified atom stereocenters. The summed E-state index contributed by atoms with van der Waals surface area (Å²) in [5.41, 5.74) is 3.05. The number of benzene rings is 1. The van der Waals surface area contributed by atoms with Gasteiger partial charge in [0, 0.05) is 5.38 Å². The van der Waals surface area contributed by atoms with Gasteiger partial charge in [0.2, 0.25) is 11.8 Å². The van der Waals surface area contributed by atoms with Gasteiger partial charge in [0.1, 0.15) is 5.38 Å². The first kappa shape index (κ1) is 12.4. The first-order valence-electron chi connectivity index (χ1n) is 5.81. The molecule has 3 aromatic rings. The second-order valence-corrected chi connectivity index (χ2v) is 5.37. The molecular weight excluding hydrogens is 280 g/mol. The lowest BCUT2D eigenvalue weighted by Crippen LogP contribution is -1.92. The van der Waals surface area contributed by atoms with Gasteiger partial charge in [-0.05, 0) is 23.4 Å². The minimum atomic E-state index is -0.415. The molecule has 0 radical (unpaired) electrons. The molecule has 0 saturated heterocycles. The quantitative estimate of drug-likeness (QED) is 0.670. The molecule has 0 spiro atoms. The summed E-state index contributed by atoms with van der Waals surface area (Å²) in [5, 5.41) is 11.8. The Bertz CT molecular complexity index is 678. The van der Waals surface area contributed by atoms with Gasteiger partial charge in [-0.25, -0.2) is 0 Å². The van der Waals surface area contributed by atoms with E-state index >= 15 is 0 Å². The van der Waals surface area contributed by atoms with E-state index in [1.165, 1.54) is 0 Å². The molecular formula is C14H11ClN2OS. The number of rotatable bonds is 3. The lowest BCUT2D eigenvalue weighted by Gasteiger charge is -2.03. The molecule has 0 fully saturated rings. The Balaban J connectivity index is 1.92. The van der Waals surface area contributed by atoms with Crippen LogP contribution in [0.15, 0.2) is 45.5 Å². The third-order valence-corrected chi connectivity index (χ3v) is 4.14. The van der Waals surface area contributed by atoms with Gasteiger partial charge in [-0.2, -0.15) is 11.3 Å². The number of hydrogen-bond donors (Lipinski definition) is 0. The lowest BCUT2D eigenvalue weighted by atomic mass is 10.1. The Morgan fingerprint density at radius 2 is 1.95 bits per heavy atom. The van der Waals surface area contributed by atoms with Gasteiger partial charge in [0.15, 0.2) is 0 Å². The molecule has 0 saturated carbocycles. The summed E-state index contributed by atoms with van der Waals surface area (Å²) < 4.78 is 5.68. The number of aromatic nitrogens is 2. The Labute approximate surface area is 119 Å². The maximum Gasteiger partial charge on any atom is 0.248 e. The summed E-state index contributed by atoms with van der Waals surface area (Å²) in [6.45, 7) is 2.02. The highest BCUT2D eigenvalue weighted by Gasteiger charge is 2.19. The van der Waals surface area contributed by atoms with Gasteiger partial charge < -0.3 is 4.42 Å². The second-order valence-electron chi connectivity index (χ2n) is 4.19. The normalized spacial score (nSPS) is 12.5. The van der Waals surface area contributed by atoms with Crippen molar-refractivity contribution in [3.8, 4) is 11.5 Å². The van der Waals surface area contributed by atoms with Crippen LogP contribution in [0.25, 0.3) is 11.5 Å². The molecule has 1 aromatic carbocycles. The van der Waals surface area contributed by atoms with E-state index in [1.807, 2.05) is 42.6 Å². The summed E-state index contributed by atoms with van der Waals surface area (Å²) in [7, 11) is 0. The van der Waals surface area contributed by atoms with Gasteiger partial charge in [0.05, 0.1) is 5.56 Å². The fourth-order valence-corrected chi connectivity index (χ4v) is 2.85. The van der Waals surface area contributed by atoms with Crippen LogP contribution in [0.5, 0.6) is 0 Å². The third-order valence-electron chi connectivity index (χ3n) is 2.84. The predicted molar refractivity (Wildman–Crippen MR) is 76.5 cm³/mol. The summed E-state index contributed by atoms with van der Waals surface area (Å²) in [4.78, 5) is 0. The number of halogens is 1. The van der Waals surface area contributed by atoms with Crippen molar-refractivity contribution >= 4 is 22.9 Å². The van der Waals surface area contributed by atoms with Crippen molar-refractivity contribution in [2.45, 2.75) is 12.3 Å². The van der Waals surface area contributed by atoms with Gasteiger partial charge in [-0.15, -0.1) is 21.8 Å². The summed E-state index contributed by atoms with van der Waals surface area (Å²) in [5.74, 6) is 0.948. The molecule has 0 aliphatic rings. The van der Waals surface area contributed by atoms with Crippen LogP contribution >= 0.6 is 22.9 Å². The van der Waals surface area contributed by atoms with E-state index < -0.39 is 5.38 Å². The highest BCUT2D eigenvalue weighted by molar-refractivity contribution is 7.08. The second kappa shape index (κ2) is 5.15. The molecule has 0 aliphatic heterocycles. The third kappa shape index (κ3) is 2.41. The van der Waals surface area contributed by atoms with E-state index in [2.05, 4.69) is 15.6 Å². The largest absolute Gasteiger partial charge is 0.419 e. The van der Waals surface area contributed by atoms with E-state index in [1.54, 1.807) is 11.3 Å². The van der Waals surface area contributed by atoms with Crippen LogP contribution in [0, 0.1) is 6.92 Å². The Morgan fingerprint density at radius 1 is 1.16 bits per heavy atom. The topological polar surface area (TPSA) is 38.9 Å². The molecule has 19 heavy (non-hydrogen) atoms. The Kier molecular flexibility index (Phi) is 3.36. The van der Waals surface area contributed by atoms with Crippen LogP contribution in [-0.2, 0) is 0 Å². The Hall–Kier alpha value is -1.65. The number of hydrogen-bond acceptors (Lipinski definition) is 4. The highest BCUT2D eigenvalue weighted by Crippen LogP contribution is 2.31. The molecule has 3 rings (SSSR count).